The van der Waals surface area contributed by atoms with E-state index in [-0.39, 0.29) is 30.2 Å². The van der Waals surface area contributed by atoms with Gasteiger partial charge in [-0.2, -0.15) is 0 Å². The summed E-state index contributed by atoms with van der Waals surface area (Å²) in [5, 5.41) is 9.56. The molecule has 3 unspecified atom stereocenters. The second-order valence-corrected chi connectivity index (χ2v) is 11.7. The fourth-order valence-corrected chi connectivity index (χ4v) is 6.29. The minimum Gasteiger partial charge on any atom is -0.460 e. The number of hydrogen-bond acceptors (Lipinski definition) is 7. The Morgan fingerprint density at radius 2 is 1.94 bits per heavy atom. The second-order valence-electron chi connectivity index (χ2n) is 8.96. The molecule has 1 heterocycles. The molecule has 9 heteroatoms. The van der Waals surface area contributed by atoms with Gasteiger partial charge in [0.15, 0.2) is 0 Å². The van der Waals surface area contributed by atoms with Gasteiger partial charge in [0.05, 0.1) is 6.42 Å². The van der Waals surface area contributed by atoms with Crippen molar-refractivity contribution in [2.24, 2.45) is 0 Å². The number of amides is 2. The smallest absolute Gasteiger partial charge is 0.307 e. The van der Waals surface area contributed by atoms with Gasteiger partial charge in [0.2, 0.25) is 11.8 Å². The van der Waals surface area contributed by atoms with Gasteiger partial charge in [0.1, 0.15) is 11.6 Å². The molecule has 1 aliphatic rings. The van der Waals surface area contributed by atoms with Gasteiger partial charge < -0.3 is 20.7 Å². The monoisotopic (exact) mass is 475 g/mol. The average molecular weight is 476 g/mol. The number of unbranched alkanes of at least 4 members (excludes halogenated alkanes) is 1. The summed E-state index contributed by atoms with van der Waals surface area (Å²) in [5.74, 6) is 0.733. The third-order valence-electron chi connectivity index (χ3n) is 5.00. The maximum Gasteiger partial charge on any atom is 0.307 e. The van der Waals surface area contributed by atoms with Crippen molar-refractivity contribution in [1.82, 2.24) is 16.0 Å². The summed E-state index contributed by atoms with van der Waals surface area (Å²) in [5.41, 5.74) is -0.509. The Balaban J connectivity index is 2.25. The van der Waals surface area contributed by atoms with Crippen LogP contribution in [0, 0.1) is 0 Å². The van der Waals surface area contributed by atoms with Crippen LogP contribution in [-0.4, -0.2) is 60.1 Å². The van der Waals surface area contributed by atoms with Crippen LogP contribution in [0.15, 0.2) is 0 Å². The van der Waals surface area contributed by atoms with E-state index in [9.17, 15) is 14.4 Å². The number of hydrogen-bond donors (Lipinski definition) is 3. The van der Waals surface area contributed by atoms with Gasteiger partial charge in [0.25, 0.3) is 0 Å². The molecular weight excluding hydrogens is 434 g/mol. The lowest BCUT2D eigenvalue weighted by Crippen LogP contribution is -2.47. The molecule has 0 radical (unpaired) electrons. The van der Waals surface area contributed by atoms with Crippen molar-refractivity contribution < 1.29 is 19.1 Å². The van der Waals surface area contributed by atoms with Gasteiger partial charge in [-0.25, -0.2) is 0 Å². The Labute approximate surface area is 195 Å². The number of nitrogens with one attached hydrogen (secondary N) is 3. The Morgan fingerprint density at radius 3 is 2.52 bits per heavy atom. The Morgan fingerprint density at radius 1 is 1.19 bits per heavy atom. The van der Waals surface area contributed by atoms with E-state index in [4.69, 9.17) is 4.74 Å². The highest BCUT2D eigenvalue weighted by Gasteiger charge is 2.22. The summed E-state index contributed by atoms with van der Waals surface area (Å²) in [4.78, 5) is 36.6. The first-order valence-electron chi connectivity index (χ1n) is 11.4. The summed E-state index contributed by atoms with van der Waals surface area (Å²) >= 11 is 0. The van der Waals surface area contributed by atoms with Crippen molar-refractivity contribution in [2.75, 3.05) is 19.3 Å². The van der Waals surface area contributed by atoms with E-state index in [0.717, 1.165) is 18.1 Å². The van der Waals surface area contributed by atoms with Crippen molar-refractivity contribution in [2.45, 2.75) is 102 Å². The summed E-state index contributed by atoms with van der Waals surface area (Å²) in [6.07, 6.45) is 6.20. The van der Waals surface area contributed by atoms with Crippen molar-refractivity contribution in [3.8, 4) is 0 Å². The highest BCUT2D eigenvalue weighted by molar-refractivity contribution is 8.77. The predicted octanol–water partition coefficient (Wildman–Crippen LogP) is 3.42. The minimum atomic E-state index is -0.520. The van der Waals surface area contributed by atoms with Crippen molar-refractivity contribution in [3.63, 3.8) is 0 Å². The van der Waals surface area contributed by atoms with Gasteiger partial charge in [-0.3, -0.25) is 14.4 Å². The second kappa shape index (κ2) is 15.0. The van der Waals surface area contributed by atoms with Gasteiger partial charge in [-0.1, -0.05) is 34.9 Å². The standard InChI is InChI=1S/C22H41N3O4S2/c1-6-18(25-19(26)10-8-7-9-17-12-14-30-31-17)21(28)24-13-11-16(23-5)15-20(27)29-22(2,3)4/h16-18,23H,6-15H2,1-5H3,(H,24,28)(H,25,26). The first-order chi connectivity index (χ1) is 14.6. The van der Waals surface area contributed by atoms with E-state index < -0.39 is 11.6 Å². The zero-order valence-corrected chi connectivity index (χ0v) is 21.4. The molecule has 0 saturated carbocycles. The van der Waals surface area contributed by atoms with Crippen molar-refractivity contribution in [1.29, 1.82) is 0 Å². The molecule has 1 rings (SSSR count). The third-order valence-corrected chi connectivity index (χ3v) is 8.01. The minimum absolute atomic E-state index is 0.0616. The van der Waals surface area contributed by atoms with E-state index in [1.165, 1.54) is 18.6 Å². The van der Waals surface area contributed by atoms with E-state index in [1.807, 2.05) is 49.3 Å². The topological polar surface area (TPSA) is 96.5 Å². The molecule has 3 N–H and O–H groups in total. The maximum absolute atomic E-state index is 12.5. The number of rotatable bonds is 14. The lowest BCUT2D eigenvalue weighted by atomic mass is 10.1. The van der Waals surface area contributed by atoms with E-state index in [2.05, 4.69) is 16.0 Å². The van der Waals surface area contributed by atoms with Gasteiger partial charge in [-0.05, 0) is 59.9 Å². The number of esters is 1. The highest BCUT2D eigenvalue weighted by Crippen LogP contribution is 2.39. The van der Waals surface area contributed by atoms with Crippen LogP contribution in [0.5, 0.6) is 0 Å². The normalized spacial score (nSPS) is 18.3. The van der Waals surface area contributed by atoms with Crippen LogP contribution in [0.1, 0.15) is 79.1 Å². The molecule has 180 valence electrons. The fraction of sp³-hybridized carbons (Fsp3) is 0.864. The van der Waals surface area contributed by atoms with Crippen LogP contribution in [0.2, 0.25) is 0 Å². The molecule has 0 aromatic heterocycles. The largest absolute Gasteiger partial charge is 0.460 e. The summed E-state index contributed by atoms with van der Waals surface area (Å²) in [6.45, 7) is 7.83. The van der Waals surface area contributed by atoms with Crippen LogP contribution in [0.3, 0.4) is 0 Å². The van der Waals surface area contributed by atoms with Gasteiger partial charge >= 0.3 is 5.97 Å². The molecule has 2 amide bonds. The maximum atomic E-state index is 12.5. The van der Waals surface area contributed by atoms with Crippen LogP contribution in [0.4, 0.5) is 0 Å². The lowest BCUT2D eigenvalue weighted by Gasteiger charge is -2.22. The third kappa shape index (κ3) is 13.3. The number of carbonyl (C=O) groups excluding carboxylic acids is 3. The van der Waals surface area contributed by atoms with Crippen LogP contribution < -0.4 is 16.0 Å². The summed E-state index contributed by atoms with van der Waals surface area (Å²) in [6, 6.07) is -0.602. The molecule has 31 heavy (non-hydrogen) atoms. The molecule has 0 aromatic carbocycles. The molecule has 0 aliphatic carbocycles. The summed E-state index contributed by atoms with van der Waals surface area (Å²) in [7, 11) is 5.70. The van der Waals surface area contributed by atoms with Gasteiger partial charge in [-0.15, -0.1) is 0 Å². The summed E-state index contributed by atoms with van der Waals surface area (Å²) < 4.78 is 5.35. The SMILES string of the molecule is CCC(NC(=O)CCCCC1CCSS1)C(=O)NCCC(CC(=O)OC(C)(C)C)NC. The molecule has 0 bridgehead atoms. The Hall–Kier alpha value is -0.930. The van der Waals surface area contributed by atoms with Crippen molar-refractivity contribution >= 4 is 39.4 Å². The molecule has 7 nitrogen and oxygen atoms in total. The predicted molar refractivity (Wildman–Crippen MR) is 130 cm³/mol. The zero-order valence-electron chi connectivity index (χ0n) is 19.8. The zero-order chi connectivity index (χ0) is 23.3. The molecule has 1 fully saturated rings. The first kappa shape index (κ1) is 28.1. The van der Waals surface area contributed by atoms with Crippen LogP contribution >= 0.6 is 21.6 Å². The van der Waals surface area contributed by atoms with Crippen LogP contribution in [0.25, 0.3) is 0 Å². The highest BCUT2D eigenvalue weighted by atomic mass is 33.1. The molecule has 3 atom stereocenters. The van der Waals surface area contributed by atoms with Gasteiger partial charge in [0, 0.05) is 30.0 Å². The van der Waals surface area contributed by atoms with E-state index in [0.29, 0.717) is 25.8 Å². The Kier molecular flexibility index (Phi) is 13.6. The quantitative estimate of drug-likeness (QED) is 0.201. The number of carbonyl (C=O) groups is 3. The van der Waals surface area contributed by atoms with E-state index >= 15 is 0 Å². The first-order valence-corrected chi connectivity index (χ1v) is 13.8. The Bertz CT molecular complexity index is 563. The molecule has 1 saturated heterocycles. The van der Waals surface area contributed by atoms with E-state index in [1.54, 1.807) is 7.05 Å². The lowest BCUT2D eigenvalue weighted by molar-refractivity contribution is -0.155. The molecule has 0 spiro atoms. The number of ether oxygens (including phenoxy) is 1. The molecule has 0 aromatic rings. The van der Waals surface area contributed by atoms with Crippen LogP contribution in [-0.2, 0) is 19.1 Å². The molecule has 1 aliphatic heterocycles. The average Bonchev–Trinajstić information content (AvgIpc) is 3.20. The van der Waals surface area contributed by atoms with Crippen molar-refractivity contribution in [3.05, 3.63) is 0 Å². The fourth-order valence-electron chi connectivity index (χ4n) is 3.27. The molecular formula is C22H41N3O4S2.